The first kappa shape index (κ1) is 14.8. The Kier molecular flexibility index (Phi) is 3.69. The van der Waals surface area contributed by atoms with Crippen LogP contribution in [-0.2, 0) is 4.79 Å². The maximum Gasteiger partial charge on any atom is 0.251 e. The van der Waals surface area contributed by atoms with Crippen molar-refractivity contribution < 1.29 is 15.0 Å². The monoisotopic (exact) mass is 318 g/mol. The van der Waals surface area contributed by atoms with Gasteiger partial charge in [-0.3, -0.25) is 4.79 Å². The number of anilines is 1. The first-order valence-electron chi connectivity index (χ1n) is 8.37. The zero-order chi connectivity index (χ0) is 16.0. The molecule has 2 N–H and O–H groups in total. The highest BCUT2D eigenvalue weighted by atomic mass is 16.3. The lowest BCUT2D eigenvalue weighted by Crippen LogP contribution is -2.55. The van der Waals surface area contributed by atoms with E-state index in [1.807, 2.05) is 17.3 Å². The Morgan fingerprint density at radius 2 is 1.78 bits per heavy atom. The molecule has 3 fully saturated rings. The van der Waals surface area contributed by atoms with Crippen molar-refractivity contribution in [2.24, 2.45) is 0 Å². The van der Waals surface area contributed by atoms with E-state index in [1.165, 1.54) is 18.4 Å². The van der Waals surface area contributed by atoms with E-state index in [9.17, 15) is 15.0 Å². The standard InChI is InChI=1S/C16H22N4O3/c21-13-4-6-20(15(13)23)12-3-5-19(9-14(12)22)16-17-7-11(8-18-16)10-1-2-10/h7-8,10,12-14,21-22H,1-6,9H2/t12-,13-,14-/m1/s1. The molecule has 1 saturated carbocycles. The molecule has 0 radical (unpaired) electrons. The van der Waals surface area contributed by atoms with Crippen LogP contribution in [0.2, 0.25) is 0 Å². The highest BCUT2D eigenvalue weighted by molar-refractivity contribution is 5.83. The third-order valence-corrected chi connectivity index (χ3v) is 5.15. The summed E-state index contributed by atoms with van der Waals surface area (Å²) in [6.07, 6.45) is 5.79. The number of β-amino-alcohol motifs (C(OH)–C–C–N with tert-alkyl or cyclic N) is 1. The number of carbonyl (C=O) groups excluding carboxylic acids is 1. The molecule has 4 rings (SSSR count). The summed E-state index contributed by atoms with van der Waals surface area (Å²) in [4.78, 5) is 24.4. The lowest BCUT2D eigenvalue weighted by atomic mass is 10.0. The summed E-state index contributed by atoms with van der Waals surface area (Å²) in [5.74, 6) is 1.01. The van der Waals surface area contributed by atoms with E-state index in [4.69, 9.17) is 0 Å². The van der Waals surface area contributed by atoms with Crippen LogP contribution in [0.5, 0.6) is 0 Å². The van der Waals surface area contributed by atoms with Crippen molar-refractivity contribution in [3.05, 3.63) is 18.0 Å². The lowest BCUT2D eigenvalue weighted by molar-refractivity contribution is -0.138. The molecule has 3 atom stereocenters. The van der Waals surface area contributed by atoms with Crippen LogP contribution in [0.3, 0.4) is 0 Å². The second-order valence-electron chi connectivity index (χ2n) is 6.80. The van der Waals surface area contributed by atoms with E-state index in [0.29, 0.717) is 44.3 Å². The van der Waals surface area contributed by atoms with Crippen LogP contribution in [0.4, 0.5) is 5.95 Å². The van der Waals surface area contributed by atoms with Crippen LogP contribution in [0.15, 0.2) is 12.4 Å². The number of likely N-dealkylation sites (tertiary alicyclic amines) is 1. The number of aliphatic hydroxyl groups excluding tert-OH is 2. The summed E-state index contributed by atoms with van der Waals surface area (Å²) in [5.41, 5.74) is 1.20. The van der Waals surface area contributed by atoms with Gasteiger partial charge in [0.25, 0.3) is 5.91 Å². The molecule has 0 unspecified atom stereocenters. The average molecular weight is 318 g/mol. The fraction of sp³-hybridized carbons (Fsp3) is 0.688. The van der Waals surface area contributed by atoms with E-state index < -0.39 is 12.2 Å². The summed E-state index contributed by atoms with van der Waals surface area (Å²) in [6.45, 7) is 1.63. The highest BCUT2D eigenvalue weighted by Gasteiger charge is 2.40. The minimum atomic E-state index is -0.904. The molecule has 23 heavy (non-hydrogen) atoms. The molecule has 0 aromatic carbocycles. The summed E-state index contributed by atoms with van der Waals surface area (Å²) in [6, 6.07) is -0.221. The van der Waals surface area contributed by atoms with Gasteiger partial charge in [0.2, 0.25) is 5.95 Å². The number of piperidine rings is 1. The summed E-state index contributed by atoms with van der Waals surface area (Å²) >= 11 is 0. The fourth-order valence-electron chi connectivity index (χ4n) is 3.60. The fourth-order valence-corrected chi connectivity index (χ4v) is 3.60. The Morgan fingerprint density at radius 3 is 2.35 bits per heavy atom. The maximum absolute atomic E-state index is 11.9. The van der Waals surface area contributed by atoms with Crippen LogP contribution >= 0.6 is 0 Å². The van der Waals surface area contributed by atoms with Gasteiger partial charge in [0, 0.05) is 32.0 Å². The molecule has 7 nitrogen and oxygen atoms in total. The number of aromatic nitrogens is 2. The molecule has 2 saturated heterocycles. The Hall–Kier alpha value is -1.73. The SMILES string of the molecule is O=C1[C@H](O)CCN1[C@@H]1CCN(c2ncc(C3CC3)cn2)C[C@H]1O. The highest BCUT2D eigenvalue weighted by Crippen LogP contribution is 2.39. The molecule has 3 heterocycles. The van der Waals surface area contributed by atoms with Crippen molar-refractivity contribution in [1.29, 1.82) is 0 Å². The minimum Gasteiger partial charge on any atom is -0.389 e. The predicted octanol–water partition coefficient (Wildman–Crippen LogP) is -0.113. The van der Waals surface area contributed by atoms with Gasteiger partial charge in [-0.15, -0.1) is 0 Å². The topological polar surface area (TPSA) is 89.8 Å². The molecular weight excluding hydrogens is 296 g/mol. The number of rotatable bonds is 3. The van der Waals surface area contributed by atoms with E-state index in [-0.39, 0.29) is 11.9 Å². The second kappa shape index (κ2) is 5.72. The van der Waals surface area contributed by atoms with Gasteiger partial charge in [-0.25, -0.2) is 9.97 Å². The molecule has 124 valence electrons. The Balaban J connectivity index is 1.41. The van der Waals surface area contributed by atoms with Crippen molar-refractivity contribution in [2.75, 3.05) is 24.5 Å². The zero-order valence-electron chi connectivity index (χ0n) is 13.0. The van der Waals surface area contributed by atoms with Crippen LogP contribution < -0.4 is 4.90 Å². The van der Waals surface area contributed by atoms with Crippen LogP contribution in [0, 0.1) is 0 Å². The van der Waals surface area contributed by atoms with Crippen LogP contribution in [0.1, 0.15) is 37.2 Å². The van der Waals surface area contributed by atoms with Gasteiger partial charge < -0.3 is 20.0 Å². The Morgan fingerprint density at radius 1 is 1.04 bits per heavy atom. The molecule has 2 aliphatic heterocycles. The second-order valence-corrected chi connectivity index (χ2v) is 6.80. The van der Waals surface area contributed by atoms with Crippen molar-refractivity contribution in [3.63, 3.8) is 0 Å². The van der Waals surface area contributed by atoms with Gasteiger partial charge >= 0.3 is 0 Å². The van der Waals surface area contributed by atoms with Crippen molar-refractivity contribution in [1.82, 2.24) is 14.9 Å². The molecule has 1 aliphatic carbocycles. The number of carbonyl (C=O) groups is 1. The third-order valence-electron chi connectivity index (χ3n) is 5.15. The zero-order valence-corrected chi connectivity index (χ0v) is 13.0. The first-order chi connectivity index (χ1) is 11.1. The van der Waals surface area contributed by atoms with Crippen molar-refractivity contribution >= 4 is 11.9 Å². The maximum atomic E-state index is 11.9. The summed E-state index contributed by atoms with van der Waals surface area (Å²) in [5, 5.41) is 20.0. The third kappa shape index (κ3) is 2.79. The van der Waals surface area contributed by atoms with E-state index in [2.05, 4.69) is 9.97 Å². The minimum absolute atomic E-state index is 0.221. The number of nitrogens with zero attached hydrogens (tertiary/aromatic N) is 4. The Labute approximate surface area is 135 Å². The van der Waals surface area contributed by atoms with Gasteiger partial charge in [-0.05, 0) is 37.2 Å². The predicted molar refractivity (Wildman–Crippen MR) is 83.0 cm³/mol. The summed E-state index contributed by atoms with van der Waals surface area (Å²) < 4.78 is 0. The van der Waals surface area contributed by atoms with Crippen molar-refractivity contribution in [3.8, 4) is 0 Å². The molecule has 7 heteroatoms. The smallest absolute Gasteiger partial charge is 0.251 e. The molecular formula is C16H22N4O3. The van der Waals surface area contributed by atoms with Crippen LogP contribution in [-0.4, -0.2) is 68.9 Å². The molecule has 1 aromatic rings. The molecule has 0 spiro atoms. The molecule has 3 aliphatic rings. The number of aliphatic hydroxyl groups is 2. The molecule has 0 bridgehead atoms. The Bertz CT molecular complexity index is 589. The van der Waals surface area contributed by atoms with Gasteiger partial charge in [-0.1, -0.05) is 0 Å². The van der Waals surface area contributed by atoms with Gasteiger partial charge in [0.05, 0.1) is 12.1 Å². The van der Waals surface area contributed by atoms with Gasteiger partial charge in [-0.2, -0.15) is 0 Å². The van der Waals surface area contributed by atoms with Crippen molar-refractivity contribution in [2.45, 2.75) is 49.9 Å². The van der Waals surface area contributed by atoms with Gasteiger partial charge in [0.15, 0.2) is 0 Å². The summed E-state index contributed by atoms with van der Waals surface area (Å²) in [7, 11) is 0. The molecule has 1 amide bonds. The number of hydrogen-bond acceptors (Lipinski definition) is 6. The van der Waals surface area contributed by atoms with E-state index in [1.54, 1.807) is 4.90 Å². The average Bonchev–Trinajstić information content (AvgIpc) is 3.36. The molecule has 1 aromatic heterocycles. The van der Waals surface area contributed by atoms with E-state index in [0.717, 1.165) is 0 Å². The first-order valence-corrected chi connectivity index (χ1v) is 8.37. The quantitative estimate of drug-likeness (QED) is 0.808. The number of hydrogen-bond donors (Lipinski definition) is 2. The van der Waals surface area contributed by atoms with Crippen LogP contribution in [0.25, 0.3) is 0 Å². The van der Waals surface area contributed by atoms with E-state index >= 15 is 0 Å². The van der Waals surface area contributed by atoms with Gasteiger partial charge in [0.1, 0.15) is 6.10 Å². The largest absolute Gasteiger partial charge is 0.389 e. The lowest BCUT2D eigenvalue weighted by Gasteiger charge is -2.40. The normalized spacial score (nSPS) is 31.7. The number of amides is 1.